The molecule has 2 aromatic rings. The van der Waals surface area contributed by atoms with Crippen LogP contribution in [0.1, 0.15) is 42.6 Å². The number of fused-ring (bicyclic) bond motifs is 2. The molecule has 3 aliphatic rings. The number of nitrogens with zero attached hydrogens (tertiary/aromatic N) is 1. The molecular weight excluding hydrogens is 378 g/mol. The van der Waals surface area contributed by atoms with Crippen LogP contribution in [-0.4, -0.2) is 22.9 Å². The fourth-order valence-electron chi connectivity index (χ4n) is 4.55. The molecule has 152 valence electrons. The Morgan fingerprint density at radius 1 is 1.07 bits per heavy atom. The van der Waals surface area contributed by atoms with Gasteiger partial charge in [-0.05, 0) is 55.2 Å². The third kappa shape index (κ3) is 2.84. The summed E-state index contributed by atoms with van der Waals surface area (Å²) in [5.41, 5.74) is 4.04. The number of benzene rings is 2. The lowest BCUT2D eigenvalue weighted by Gasteiger charge is -2.45. The minimum atomic E-state index is -0.655. The topological polar surface area (TPSA) is 66.8 Å². The van der Waals surface area contributed by atoms with Gasteiger partial charge in [0.05, 0.1) is 11.1 Å². The molecule has 0 saturated carbocycles. The van der Waals surface area contributed by atoms with Gasteiger partial charge >= 0.3 is 0 Å². The first-order chi connectivity index (χ1) is 14.2. The number of ether oxygens (including phenoxy) is 1. The van der Waals surface area contributed by atoms with Gasteiger partial charge in [-0.15, -0.1) is 0 Å². The predicted octanol–water partition coefficient (Wildman–Crippen LogP) is 4.69. The molecule has 5 heteroatoms. The van der Waals surface area contributed by atoms with E-state index < -0.39 is 6.23 Å². The van der Waals surface area contributed by atoms with E-state index >= 15 is 0 Å². The molecule has 0 fully saturated rings. The maximum absolute atomic E-state index is 13.3. The molecule has 1 N–H and O–H groups in total. The van der Waals surface area contributed by atoms with Crippen LogP contribution in [0.4, 0.5) is 5.69 Å². The number of hydrogen-bond donors (Lipinski definition) is 1. The number of aryl methyl sites for hydroxylation is 1. The van der Waals surface area contributed by atoms with Crippen LogP contribution >= 0.6 is 0 Å². The Morgan fingerprint density at radius 2 is 1.80 bits per heavy atom. The Balaban J connectivity index is 1.72. The maximum Gasteiger partial charge on any atom is 0.206 e. The maximum atomic E-state index is 13.3. The Bertz CT molecular complexity index is 1150. The number of carbonyl (C=O) groups is 2. The van der Waals surface area contributed by atoms with Crippen molar-refractivity contribution in [1.82, 2.24) is 0 Å². The number of Topliss-reactive ketones (excluding diaryl/α,β-unsaturated/α-hetero) is 2. The Kier molecular flexibility index (Phi) is 3.94. The quantitative estimate of drug-likeness (QED) is 0.751. The van der Waals surface area contributed by atoms with Gasteiger partial charge in [0.2, 0.25) is 6.23 Å². The van der Waals surface area contributed by atoms with Crippen LogP contribution < -0.4 is 9.64 Å². The standard InChI is InChI=1S/C25H23NO4/c1-14-4-6-15(7-5-14)26-20-12-25(2,3)13-21(28)17(20)11-19-23(29)18-10-16(27)8-9-22(18)30-24(19)26/h4-11,24,27H,12-13H2,1-3H3. The first-order valence-electron chi connectivity index (χ1n) is 10.1. The van der Waals surface area contributed by atoms with Crippen molar-refractivity contribution in [3.05, 3.63) is 76.5 Å². The summed E-state index contributed by atoms with van der Waals surface area (Å²) in [7, 11) is 0. The summed E-state index contributed by atoms with van der Waals surface area (Å²) < 4.78 is 6.29. The lowest BCUT2D eigenvalue weighted by molar-refractivity contribution is -0.117. The summed E-state index contributed by atoms with van der Waals surface area (Å²) >= 11 is 0. The highest BCUT2D eigenvalue weighted by Crippen LogP contribution is 2.47. The fourth-order valence-corrected chi connectivity index (χ4v) is 4.55. The van der Waals surface area contributed by atoms with E-state index in [9.17, 15) is 14.7 Å². The van der Waals surface area contributed by atoms with E-state index in [-0.39, 0.29) is 22.7 Å². The van der Waals surface area contributed by atoms with Gasteiger partial charge in [0.1, 0.15) is 11.5 Å². The van der Waals surface area contributed by atoms with Crippen molar-refractivity contribution in [2.45, 2.75) is 39.8 Å². The first-order valence-corrected chi connectivity index (χ1v) is 10.1. The number of phenolic OH excluding ortho intramolecular Hbond substituents is 1. The molecule has 1 atom stereocenters. The molecule has 0 radical (unpaired) electrons. The van der Waals surface area contributed by atoms with E-state index in [2.05, 4.69) is 13.8 Å². The molecule has 1 aliphatic carbocycles. The average Bonchev–Trinajstić information content (AvgIpc) is 2.68. The number of ketones is 2. The number of aromatic hydroxyl groups is 1. The van der Waals surface area contributed by atoms with Gasteiger partial charge in [0.25, 0.3) is 0 Å². The van der Waals surface area contributed by atoms with Crippen LogP contribution in [0.5, 0.6) is 11.5 Å². The fraction of sp³-hybridized carbons (Fsp3) is 0.280. The molecule has 0 spiro atoms. The van der Waals surface area contributed by atoms with E-state index in [0.717, 1.165) is 16.9 Å². The van der Waals surface area contributed by atoms with Crippen molar-refractivity contribution in [2.24, 2.45) is 5.41 Å². The largest absolute Gasteiger partial charge is 0.508 e. The molecule has 0 saturated heterocycles. The number of rotatable bonds is 1. The van der Waals surface area contributed by atoms with Gasteiger partial charge < -0.3 is 14.7 Å². The third-order valence-corrected chi connectivity index (χ3v) is 6.01. The number of hydrogen-bond acceptors (Lipinski definition) is 5. The van der Waals surface area contributed by atoms with Crippen LogP contribution in [0.2, 0.25) is 0 Å². The Labute approximate surface area is 175 Å². The third-order valence-electron chi connectivity index (χ3n) is 6.01. The van der Waals surface area contributed by atoms with Gasteiger partial charge in [-0.25, -0.2) is 0 Å². The Morgan fingerprint density at radius 3 is 2.53 bits per heavy atom. The molecule has 1 unspecified atom stereocenters. The summed E-state index contributed by atoms with van der Waals surface area (Å²) in [5, 5.41) is 9.84. The second-order valence-electron chi connectivity index (χ2n) is 9.09. The van der Waals surface area contributed by atoms with Gasteiger partial charge in [0.15, 0.2) is 11.6 Å². The molecule has 2 heterocycles. The van der Waals surface area contributed by atoms with Crippen LogP contribution in [0, 0.1) is 12.3 Å². The van der Waals surface area contributed by atoms with E-state index in [1.54, 1.807) is 12.1 Å². The average molecular weight is 401 g/mol. The second kappa shape index (κ2) is 6.33. The van der Waals surface area contributed by atoms with Gasteiger partial charge in [0, 0.05) is 23.4 Å². The molecule has 2 aliphatic heterocycles. The number of phenols is 1. The monoisotopic (exact) mass is 401 g/mol. The van der Waals surface area contributed by atoms with Gasteiger partial charge in [-0.1, -0.05) is 31.5 Å². The zero-order valence-corrected chi connectivity index (χ0v) is 17.2. The van der Waals surface area contributed by atoms with Crippen molar-refractivity contribution in [2.75, 3.05) is 4.90 Å². The zero-order valence-electron chi connectivity index (χ0n) is 17.2. The number of carbonyl (C=O) groups excluding carboxylic acids is 2. The first kappa shape index (κ1) is 18.7. The smallest absolute Gasteiger partial charge is 0.206 e. The highest BCUT2D eigenvalue weighted by atomic mass is 16.5. The van der Waals surface area contributed by atoms with Crippen LogP contribution in [-0.2, 0) is 4.79 Å². The Hall–Kier alpha value is -3.34. The molecule has 5 nitrogen and oxygen atoms in total. The SMILES string of the molecule is Cc1ccc(N2C3=C(C=C4C(=O)c5cc(O)ccc5OC42)C(=O)CC(C)(C)C3)cc1. The molecule has 0 aromatic heterocycles. The number of anilines is 1. The normalized spacial score (nSPS) is 22.0. The molecule has 2 aromatic carbocycles. The minimum Gasteiger partial charge on any atom is -0.508 e. The van der Waals surface area contributed by atoms with Crippen molar-refractivity contribution in [1.29, 1.82) is 0 Å². The van der Waals surface area contributed by atoms with Crippen LogP contribution in [0.3, 0.4) is 0 Å². The molecular formula is C25H23NO4. The van der Waals surface area contributed by atoms with Crippen molar-refractivity contribution in [3.63, 3.8) is 0 Å². The van der Waals surface area contributed by atoms with Crippen LogP contribution in [0.15, 0.2) is 65.4 Å². The van der Waals surface area contributed by atoms with E-state index in [1.165, 1.54) is 12.1 Å². The highest BCUT2D eigenvalue weighted by molar-refractivity contribution is 6.15. The lowest BCUT2D eigenvalue weighted by Crippen LogP contribution is -2.49. The summed E-state index contributed by atoms with van der Waals surface area (Å²) in [5.74, 6) is 0.256. The highest BCUT2D eigenvalue weighted by Gasteiger charge is 2.45. The number of allylic oxidation sites excluding steroid dienone is 3. The zero-order chi connectivity index (χ0) is 21.2. The van der Waals surface area contributed by atoms with E-state index in [0.29, 0.717) is 35.3 Å². The van der Waals surface area contributed by atoms with Crippen LogP contribution in [0.25, 0.3) is 0 Å². The van der Waals surface area contributed by atoms with Crippen molar-refractivity contribution >= 4 is 17.3 Å². The second-order valence-corrected chi connectivity index (χ2v) is 9.09. The molecule has 0 bridgehead atoms. The van der Waals surface area contributed by atoms with Gasteiger partial charge in [-0.2, -0.15) is 0 Å². The predicted molar refractivity (Wildman–Crippen MR) is 114 cm³/mol. The summed E-state index contributed by atoms with van der Waals surface area (Å²) in [6, 6.07) is 12.6. The lowest BCUT2D eigenvalue weighted by atomic mass is 9.73. The summed E-state index contributed by atoms with van der Waals surface area (Å²) in [4.78, 5) is 28.4. The molecule has 0 amide bonds. The summed E-state index contributed by atoms with van der Waals surface area (Å²) in [6.07, 6.45) is 2.20. The van der Waals surface area contributed by atoms with Crippen molar-refractivity contribution in [3.8, 4) is 11.5 Å². The van der Waals surface area contributed by atoms with Crippen molar-refractivity contribution < 1.29 is 19.4 Å². The molecule has 30 heavy (non-hydrogen) atoms. The van der Waals surface area contributed by atoms with E-state index in [1.807, 2.05) is 36.1 Å². The van der Waals surface area contributed by atoms with Gasteiger partial charge in [-0.3, -0.25) is 9.59 Å². The minimum absolute atomic E-state index is 0.00588. The molecule has 5 rings (SSSR count). The van der Waals surface area contributed by atoms with E-state index in [4.69, 9.17) is 4.74 Å². The summed E-state index contributed by atoms with van der Waals surface area (Å²) in [6.45, 7) is 6.20.